The number of carbonyl (C=O) groups is 3. The van der Waals surface area contributed by atoms with E-state index in [0.29, 0.717) is 19.5 Å². The molecule has 29 heavy (non-hydrogen) atoms. The Balaban J connectivity index is 4.64. The van der Waals surface area contributed by atoms with Gasteiger partial charge in [-0.15, -0.1) is 0 Å². The highest BCUT2D eigenvalue weighted by Crippen LogP contribution is 2.10. The Hall–Kier alpha value is -1.59. The fraction of sp³-hybridized carbons (Fsp3) is 0.870. The standard InChI is InChI=1S/C23H44N2O4/c1-4-7-10-11-12-13-14-15-21(26)24-20(16-17-22(27)28)23(29)25(18-8-5-2)19-9-6-3/h20H,4-19H2,1-3H3,(H,24,26)(H,27,28)/t20-/m0/s1. The van der Waals surface area contributed by atoms with Crippen molar-refractivity contribution in [2.24, 2.45) is 0 Å². The molecule has 0 bridgehead atoms. The number of hydrogen-bond donors (Lipinski definition) is 2. The van der Waals surface area contributed by atoms with Crippen LogP contribution < -0.4 is 5.32 Å². The zero-order valence-corrected chi connectivity index (χ0v) is 19.0. The Bertz CT molecular complexity index is 446. The number of amides is 2. The molecule has 6 nitrogen and oxygen atoms in total. The zero-order valence-electron chi connectivity index (χ0n) is 19.0. The second kappa shape index (κ2) is 18.4. The van der Waals surface area contributed by atoms with Gasteiger partial charge < -0.3 is 15.3 Å². The van der Waals surface area contributed by atoms with Crippen molar-refractivity contribution in [2.45, 2.75) is 117 Å². The molecule has 2 N–H and O–H groups in total. The summed E-state index contributed by atoms with van der Waals surface area (Å²) in [6.45, 7) is 7.67. The highest BCUT2D eigenvalue weighted by molar-refractivity contribution is 5.88. The van der Waals surface area contributed by atoms with Crippen molar-refractivity contribution in [1.82, 2.24) is 10.2 Å². The van der Waals surface area contributed by atoms with Crippen molar-refractivity contribution in [3.8, 4) is 0 Å². The third-order valence-corrected chi connectivity index (χ3v) is 5.16. The average molecular weight is 413 g/mol. The summed E-state index contributed by atoms with van der Waals surface area (Å²) >= 11 is 0. The molecule has 0 saturated heterocycles. The van der Waals surface area contributed by atoms with Gasteiger partial charge in [-0.1, -0.05) is 72.1 Å². The van der Waals surface area contributed by atoms with Crippen LogP contribution in [0.25, 0.3) is 0 Å². The topological polar surface area (TPSA) is 86.7 Å². The molecule has 0 fully saturated rings. The quantitative estimate of drug-likeness (QED) is 0.295. The largest absolute Gasteiger partial charge is 0.481 e. The number of nitrogens with zero attached hydrogens (tertiary/aromatic N) is 1. The van der Waals surface area contributed by atoms with Gasteiger partial charge in [0.2, 0.25) is 11.8 Å². The number of unbranched alkanes of at least 4 members (excludes halogenated alkanes) is 8. The van der Waals surface area contributed by atoms with E-state index in [-0.39, 0.29) is 24.7 Å². The molecule has 0 aromatic rings. The first-order chi connectivity index (χ1) is 14.0. The predicted molar refractivity (Wildman–Crippen MR) is 118 cm³/mol. The van der Waals surface area contributed by atoms with Crippen LogP contribution in [0.1, 0.15) is 111 Å². The third-order valence-electron chi connectivity index (χ3n) is 5.16. The molecule has 0 aromatic heterocycles. The van der Waals surface area contributed by atoms with E-state index in [1.165, 1.54) is 25.7 Å². The lowest BCUT2D eigenvalue weighted by molar-refractivity contribution is -0.139. The van der Waals surface area contributed by atoms with Gasteiger partial charge in [0.05, 0.1) is 0 Å². The molecule has 0 rings (SSSR count). The second-order valence-corrected chi connectivity index (χ2v) is 7.96. The minimum absolute atomic E-state index is 0.122. The first-order valence-electron chi connectivity index (χ1n) is 11.8. The number of hydrogen-bond acceptors (Lipinski definition) is 3. The van der Waals surface area contributed by atoms with Crippen molar-refractivity contribution >= 4 is 17.8 Å². The molecular weight excluding hydrogens is 368 g/mol. The Labute approximate surface area is 177 Å². The van der Waals surface area contributed by atoms with Gasteiger partial charge in [-0.2, -0.15) is 0 Å². The molecule has 0 aromatic carbocycles. The number of nitrogens with one attached hydrogen (secondary N) is 1. The SMILES string of the molecule is CCCCCCCCCC(=O)N[C@@H](CCC(=O)O)C(=O)N(CCCC)CCCC. The van der Waals surface area contributed by atoms with Crippen LogP contribution in [-0.4, -0.2) is 46.9 Å². The van der Waals surface area contributed by atoms with Crippen molar-refractivity contribution in [1.29, 1.82) is 0 Å². The van der Waals surface area contributed by atoms with Gasteiger partial charge in [0.15, 0.2) is 0 Å². The van der Waals surface area contributed by atoms with E-state index >= 15 is 0 Å². The van der Waals surface area contributed by atoms with Crippen molar-refractivity contribution < 1.29 is 19.5 Å². The maximum Gasteiger partial charge on any atom is 0.303 e. The van der Waals surface area contributed by atoms with Crippen LogP contribution >= 0.6 is 0 Å². The van der Waals surface area contributed by atoms with Crippen LogP contribution in [0.5, 0.6) is 0 Å². The van der Waals surface area contributed by atoms with Crippen LogP contribution in [0.4, 0.5) is 0 Å². The van der Waals surface area contributed by atoms with Gasteiger partial charge in [-0.05, 0) is 25.7 Å². The number of aliphatic carboxylic acids is 1. The molecule has 170 valence electrons. The smallest absolute Gasteiger partial charge is 0.303 e. The van der Waals surface area contributed by atoms with Gasteiger partial charge >= 0.3 is 5.97 Å². The van der Waals surface area contributed by atoms with Crippen LogP contribution in [0, 0.1) is 0 Å². The molecule has 0 aliphatic rings. The number of carbonyl (C=O) groups excluding carboxylic acids is 2. The van der Waals surface area contributed by atoms with Crippen molar-refractivity contribution in [3.63, 3.8) is 0 Å². The number of carboxylic acids is 1. The third kappa shape index (κ3) is 15.0. The van der Waals surface area contributed by atoms with Gasteiger partial charge in [0.25, 0.3) is 0 Å². The zero-order chi connectivity index (χ0) is 21.9. The van der Waals surface area contributed by atoms with Gasteiger partial charge in [-0.3, -0.25) is 14.4 Å². The molecule has 2 amide bonds. The molecule has 1 atom stereocenters. The lowest BCUT2D eigenvalue weighted by atomic mass is 10.1. The fourth-order valence-electron chi connectivity index (χ4n) is 3.28. The van der Waals surface area contributed by atoms with Crippen LogP contribution in [0.15, 0.2) is 0 Å². The minimum atomic E-state index is -0.946. The van der Waals surface area contributed by atoms with E-state index in [0.717, 1.165) is 44.9 Å². The normalized spacial score (nSPS) is 11.8. The maximum atomic E-state index is 13.0. The van der Waals surface area contributed by atoms with Crippen molar-refractivity contribution in [3.05, 3.63) is 0 Å². The van der Waals surface area contributed by atoms with E-state index in [2.05, 4.69) is 26.1 Å². The van der Waals surface area contributed by atoms with Crippen LogP contribution in [0.3, 0.4) is 0 Å². The van der Waals surface area contributed by atoms with Crippen LogP contribution in [0.2, 0.25) is 0 Å². The summed E-state index contributed by atoms with van der Waals surface area (Å²) in [7, 11) is 0. The number of carboxylic acid groups (broad SMARTS) is 1. The Morgan fingerprint density at radius 3 is 1.79 bits per heavy atom. The fourth-order valence-corrected chi connectivity index (χ4v) is 3.28. The summed E-state index contributed by atoms with van der Waals surface area (Å²) in [6.07, 6.45) is 12.1. The van der Waals surface area contributed by atoms with E-state index in [1.54, 1.807) is 4.90 Å². The second-order valence-electron chi connectivity index (χ2n) is 7.96. The highest BCUT2D eigenvalue weighted by atomic mass is 16.4. The van der Waals surface area contributed by atoms with E-state index in [4.69, 9.17) is 5.11 Å². The molecule has 6 heteroatoms. The maximum absolute atomic E-state index is 13.0. The average Bonchev–Trinajstić information content (AvgIpc) is 2.70. The summed E-state index contributed by atoms with van der Waals surface area (Å²) in [5.41, 5.74) is 0. The highest BCUT2D eigenvalue weighted by Gasteiger charge is 2.26. The Kier molecular flexibility index (Phi) is 17.4. The molecule has 0 spiro atoms. The van der Waals surface area contributed by atoms with E-state index in [9.17, 15) is 14.4 Å². The summed E-state index contributed by atoms with van der Waals surface area (Å²) in [5.74, 6) is -1.23. The van der Waals surface area contributed by atoms with E-state index < -0.39 is 12.0 Å². The molecular formula is C23H44N2O4. The molecule has 0 saturated carbocycles. The van der Waals surface area contributed by atoms with Gasteiger partial charge in [0, 0.05) is 25.9 Å². The lowest BCUT2D eigenvalue weighted by Crippen LogP contribution is -2.49. The Morgan fingerprint density at radius 2 is 1.28 bits per heavy atom. The molecule has 0 heterocycles. The minimum Gasteiger partial charge on any atom is -0.481 e. The summed E-state index contributed by atoms with van der Waals surface area (Å²) in [4.78, 5) is 38.2. The van der Waals surface area contributed by atoms with Crippen molar-refractivity contribution in [2.75, 3.05) is 13.1 Å². The molecule has 0 radical (unpaired) electrons. The Morgan fingerprint density at radius 1 is 0.759 bits per heavy atom. The molecule has 0 aliphatic heterocycles. The monoisotopic (exact) mass is 412 g/mol. The predicted octanol–water partition coefficient (Wildman–Crippen LogP) is 4.91. The van der Waals surface area contributed by atoms with Gasteiger partial charge in [0.1, 0.15) is 6.04 Å². The summed E-state index contributed by atoms with van der Waals surface area (Å²) in [6, 6.07) is -0.739. The summed E-state index contributed by atoms with van der Waals surface area (Å²) < 4.78 is 0. The lowest BCUT2D eigenvalue weighted by Gasteiger charge is -2.28. The molecule has 0 aliphatic carbocycles. The van der Waals surface area contributed by atoms with Crippen LogP contribution in [-0.2, 0) is 14.4 Å². The first kappa shape index (κ1) is 27.4. The van der Waals surface area contributed by atoms with Gasteiger partial charge in [-0.25, -0.2) is 0 Å². The number of rotatable bonds is 19. The van der Waals surface area contributed by atoms with E-state index in [1.807, 2.05) is 0 Å². The first-order valence-corrected chi connectivity index (χ1v) is 11.8. The molecule has 0 unspecified atom stereocenters. The summed E-state index contributed by atoms with van der Waals surface area (Å²) in [5, 5.41) is 11.8.